The fraction of sp³-hybridized carbons (Fsp3) is 0.316. The highest BCUT2D eigenvalue weighted by atomic mass is 79.9. The molecule has 0 bridgehead atoms. The van der Waals surface area contributed by atoms with E-state index in [4.69, 9.17) is 9.47 Å². The molecule has 1 aliphatic rings. The van der Waals surface area contributed by atoms with Crippen LogP contribution in [0.15, 0.2) is 40.2 Å². The number of hydrogen-bond donors (Lipinski definition) is 0. The zero-order valence-corrected chi connectivity index (χ0v) is 16.8. The van der Waals surface area contributed by atoms with Crippen molar-refractivity contribution in [1.82, 2.24) is 9.47 Å². The van der Waals surface area contributed by atoms with Crippen molar-refractivity contribution in [3.8, 4) is 5.75 Å². The van der Waals surface area contributed by atoms with E-state index in [2.05, 4.69) is 25.9 Å². The molecule has 1 saturated heterocycles. The number of morpholine rings is 1. The first-order chi connectivity index (χ1) is 12.7. The number of carbonyl (C=O) groups is 1. The number of ether oxygens (including phenoxy) is 2. The molecule has 7 heteroatoms. The summed E-state index contributed by atoms with van der Waals surface area (Å²) in [6, 6.07) is 9.92. The molecule has 2 aromatic heterocycles. The fourth-order valence-corrected chi connectivity index (χ4v) is 5.00. The number of nitrogens with zero attached hydrogens (tertiary/aromatic N) is 2. The summed E-state index contributed by atoms with van der Waals surface area (Å²) in [6.45, 7) is 3.03. The average Bonchev–Trinajstić information content (AvgIpc) is 3.22. The minimum Gasteiger partial charge on any atom is -0.496 e. The highest BCUT2D eigenvalue weighted by Crippen LogP contribution is 2.35. The molecule has 136 valence electrons. The molecule has 0 saturated carbocycles. The number of aromatic nitrogens is 1. The standard InChI is InChI=1S/C19H19BrN2O3S/c1-24-16-5-3-2-4-13(16)11-22-15(10-17-18(22)14(20)12-26-17)19(23)21-6-8-25-9-7-21/h2-5,10,12H,6-9,11H2,1H3. The molecule has 3 heterocycles. The zero-order valence-electron chi connectivity index (χ0n) is 14.4. The summed E-state index contributed by atoms with van der Waals surface area (Å²) < 4.78 is 15.1. The number of methoxy groups -OCH3 is 1. The second kappa shape index (κ2) is 7.42. The molecule has 1 aromatic carbocycles. The second-order valence-electron chi connectivity index (χ2n) is 6.13. The van der Waals surface area contributed by atoms with Gasteiger partial charge in [0.1, 0.15) is 11.4 Å². The predicted octanol–water partition coefficient (Wildman–Crippen LogP) is 3.99. The van der Waals surface area contributed by atoms with Crippen molar-refractivity contribution in [2.24, 2.45) is 0 Å². The lowest BCUT2D eigenvalue weighted by Gasteiger charge is -2.27. The van der Waals surface area contributed by atoms with Crippen molar-refractivity contribution < 1.29 is 14.3 Å². The van der Waals surface area contributed by atoms with Gasteiger partial charge in [0, 0.05) is 24.0 Å². The summed E-state index contributed by atoms with van der Waals surface area (Å²) in [5.74, 6) is 0.879. The van der Waals surface area contributed by atoms with Gasteiger partial charge in [0.15, 0.2) is 0 Å². The number of halogens is 1. The lowest BCUT2D eigenvalue weighted by Crippen LogP contribution is -2.41. The minimum atomic E-state index is 0.0542. The molecule has 0 N–H and O–H groups in total. The van der Waals surface area contributed by atoms with Crippen molar-refractivity contribution in [2.45, 2.75) is 6.54 Å². The molecule has 1 amide bonds. The van der Waals surface area contributed by atoms with E-state index in [-0.39, 0.29) is 5.91 Å². The van der Waals surface area contributed by atoms with Crippen LogP contribution >= 0.6 is 27.3 Å². The summed E-state index contributed by atoms with van der Waals surface area (Å²) in [6.07, 6.45) is 0. The van der Waals surface area contributed by atoms with Crippen LogP contribution in [0.25, 0.3) is 10.2 Å². The van der Waals surface area contributed by atoms with E-state index in [0.29, 0.717) is 38.5 Å². The maximum absolute atomic E-state index is 13.2. The summed E-state index contributed by atoms with van der Waals surface area (Å²) in [5.41, 5.74) is 2.81. The number of para-hydroxylation sites is 1. The van der Waals surface area contributed by atoms with Gasteiger partial charge in [-0.3, -0.25) is 4.79 Å². The highest BCUT2D eigenvalue weighted by molar-refractivity contribution is 9.10. The van der Waals surface area contributed by atoms with Gasteiger partial charge in [-0.2, -0.15) is 0 Å². The number of fused-ring (bicyclic) bond motifs is 1. The molecule has 0 unspecified atom stereocenters. The Labute approximate surface area is 164 Å². The summed E-state index contributed by atoms with van der Waals surface area (Å²) in [4.78, 5) is 15.0. The molecular formula is C19H19BrN2O3S. The quantitative estimate of drug-likeness (QED) is 0.623. The summed E-state index contributed by atoms with van der Waals surface area (Å²) in [7, 11) is 1.67. The Morgan fingerprint density at radius 2 is 2.08 bits per heavy atom. The molecule has 4 rings (SSSR count). The maximum Gasteiger partial charge on any atom is 0.270 e. The van der Waals surface area contributed by atoms with Crippen LogP contribution in [0.1, 0.15) is 16.1 Å². The van der Waals surface area contributed by atoms with Crippen molar-refractivity contribution in [1.29, 1.82) is 0 Å². The third-order valence-corrected chi connectivity index (χ3v) is 6.44. The number of thiophene rings is 1. The Morgan fingerprint density at radius 3 is 2.85 bits per heavy atom. The van der Waals surface area contributed by atoms with Crippen LogP contribution in [-0.2, 0) is 11.3 Å². The molecule has 1 fully saturated rings. The number of rotatable bonds is 4. The van der Waals surface area contributed by atoms with Crippen LogP contribution in [0.4, 0.5) is 0 Å². The van der Waals surface area contributed by atoms with Crippen LogP contribution in [0.3, 0.4) is 0 Å². The van der Waals surface area contributed by atoms with Gasteiger partial charge < -0.3 is 18.9 Å². The molecule has 26 heavy (non-hydrogen) atoms. The van der Waals surface area contributed by atoms with Crippen molar-refractivity contribution in [3.63, 3.8) is 0 Å². The second-order valence-corrected chi connectivity index (χ2v) is 7.89. The van der Waals surface area contributed by atoms with E-state index in [0.717, 1.165) is 26.0 Å². The third kappa shape index (κ3) is 3.15. The van der Waals surface area contributed by atoms with E-state index in [9.17, 15) is 4.79 Å². The Morgan fingerprint density at radius 1 is 1.31 bits per heavy atom. The first-order valence-electron chi connectivity index (χ1n) is 8.44. The summed E-state index contributed by atoms with van der Waals surface area (Å²) in [5, 5.41) is 2.06. The number of hydrogen-bond acceptors (Lipinski definition) is 4. The number of amides is 1. The Kier molecular flexibility index (Phi) is 5.02. The molecule has 3 aromatic rings. The van der Waals surface area contributed by atoms with Gasteiger partial charge >= 0.3 is 0 Å². The van der Waals surface area contributed by atoms with E-state index in [1.54, 1.807) is 18.4 Å². The SMILES string of the molecule is COc1ccccc1Cn1c(C(=O)N2CCOCC2)cc2scc(Br)c21. The van der Waals surface area contributed by atoms with Gasteiger partial charge in [-0.05, 0) is 28.1 Å². The van der Waals surface area contributed by atoms with Gasteiger partial charge in [-0.25, -0.2) is 0 Å². The van der Waals surface area contributed by atoms with E-state index in [1.807, 2.05) is 35.2 Å². The van der Waals surface area contributed by atoms with Crippen LogP contribution in [0.5, 0.6) is 5.75 Å². The smallest absolute Gasteiger partial charge is 0.270 e. The van der Waals surface area contributed by atoms with Gasteiger partial charge in [0.05, 0.1) is 41.6 Å². The van der Waals surface area contributed by atoms with Crippen LogP contribution in [0, 0.1) is 0 Å². The molecule has 0 aliphatic carbocycles. The van der Waals surface area contributed by atoms with Gasteiger partial charge in [-0.15, -0.1) is 11.3 Å². The maximum atomic E-state index is 13.2. The molecule has 0 radical (unpaired) electrons. The zero-order chi connectivity index (χ0) is 18.1. The highest BCUT2D eigenvalue weighted by Gasteiger charge is 2.25. The Balaban J connectivity index is 1.78. The third-order valence-electron chi connectivity index (χ3n) is 4.62. The number of benzene rings is 1. The first-order valence-corrected chi connectivity index (χ1v) is 10.1. The van der Waals surface area contributed by atoms with Crippen LogP contribution in [0.2, 0.25) is 0 Å². The minimum absolute atomic E-state index is 0.0542. The van der Waals surface area contributed by atoms with E-state index < -0.39 is 0 Å². The molecule has 0 atom stereocenters. The average molecular weight is 435 g/mol. The van der Waals surface area contributed by atoms with Gasteiger partial charge in [0.2, 0.25) is 0 Å². The normalized spacial score (nSPS) is 14.8. The number of carbonyl (C=O) groups excluding carboxylic acids is 1. The lowest BCUT2D eigenvalue weighted by atomic mass is 10.2. The van der Waals surface area contributed by atoms with Gasteiger partial charge in [-0.1, -0.05) is 18.2 Å². The van der Waals surface area contributed by atoms with E-state index >= 15 is 0 Å². The Hall–Kier alpha value is -1.83. The molecule has 0 spiro atoms. The lowest BCUT2D eigenvalue weighted by molar-refractivity contribution is 0.0296. The van der Waals surface area contributed by atoms with Crippen molar-refractivity contribution >= 4 is 43.4 Å². The predicted molar refractivity (Wildman–Crippen MR) is 106 cm³/mol. The van der Waals surface area contributed by atoms with Crippen LogP contribution < -0.4 is 4.74 Å². The molecular weight excluding hydrogens is 416 g/mol. The Bertz CT molecular complexity index is 944. The van der Waals surface area contributed by atoms with Crippen LogP contribution in [-0.4, -0.2) is 48.8 Å². The summed E-state index contributed by atoms with van der Waals surface area (Å²) >= 11 is 5.28. The van der Waals surface area contributed by atoms with E-state index in [1.165, 1.54) is 0 Å². The van der Waals surface area contributed by atoms with Crippen molar-refractivity contribution in [3.05, 3.63) is 51.4 Å². The van der Waals surface area contributed by atoms with Crippen molar-refractivity contribution in [2.75, 3.05) is 33.4 Å². The van der Waals surface area contributed by atoms with Gasteiger partial charge in [0.25, 0.3) is 5.91 Å². The molecule has 1 aliphatic heterocycles. The first kappa shape index (κ1) is 17.6. The molecule has 5 nitrogen and oxygen atoms in total. The fourth-order valence-electron chi connectivity index (χ4n) is 3.31. The topological polar surface area (TPSA) is 43.7 Å². The monoisotopic (exact) mass is 434 g/mol. The largest absolute Gasteiger partial charge is 0.496 e.